The van der Waals surface area contributed by atoms with Crippen molar-refractivity contribution in [2.75, 3.05) is 4.90 Å². The van der Waals surface area contributed by atoms with Crippen LogP contribution in [0, 0.1) is 5.82 Å². The molecule has 1 aliphatic heterocycles. The molecule has 1 fully saturated rings. The van der Waals surface area contributed by atoms with Gasteiger partial charge in [0.15, 0.2) is 5.82 Å². The van der Waals surface area contributed by atoms with Gasteiger partial charge in [-0.15, -0.1) is 0 Å². The Labute approximate surface area is 246 Å². The highest BCUT2D eigenvalue weighted by Crippen LogP contribution is 2.46. The van der Waals surface area contributed by atoms with E-state index in [4.69, 9.17) is 4.74 Å². The molecule has 0 spiro atoms. The smallest absolute Gasteiger partial charge is 0.417 e. The van der Waals surface area contributed by atoms with Crippen molar-refractivity contribution in [1.29, 1.82) is 0 Å². The van der Waals surface area contributed by atoms with Gasteiger partial charge in [-0.1, -0.05) is 6.07 Å². The lowest BCUT2D eigenvalue weighted by Gasteiger charge is -2.37. The molecular weight excluding hydrogens is 594 g/mol. The van der Waals surface area contributed by atoms with Crippen molar-refractivity contribution in [3.05, 3.63) is 71.2 Å². The second-order valence-corrected chi connectivity index (χ2v) is 11.0. The Morgan fingerprint density at radius 1 is 1.14 bits per heavy atom. The summed E-state index contributed by atoms with van der Waals surface area (Å²) >= 11 is 0. The molecular formula is C29H24F6N6O3. The first-order chi connectivity index (χ1) is 20.7. The molecule has 1 aliphatic carbocycles. The molecule has 0 saturated heterocycles. The Morgan fingerprint density at radius 3 is 2.52 bits per heavy atom. The number of rotatable bonds is 7. The van der Waals surface area contributed by atoms with E-state index in [1.165, 1.54) is 29.9 Å². The highest BCUT2D eigenvalue weighted by molar-refractivity contribution is 5.90. The number of aromatic nitrogens is 5. The summed E-state index contributed by atoms with van der Waals surface area (Å²) in [5.74, 6) is -1.21. The van der Waals surface area contributed by atoms with Crippen molar-refractivity contribution >= 4 is 11.9 Å². The lowest BCUT2D eigenvalue weighted by molar-refractivity contribution is -0.137. The summed E-state index contributed by atoms with van der Waals surface area (Å²) in [7, 11) is 1.38. The van der Waals surface area contributed by atoms with Crippen LogP contribution in [0.3, 0.4) is 0 Å². The fourth-order valence-electron chi connectivity index (χ4n) is 5.14. The Balaban J connectivity index is 1.39. The monoisotopic (exact) mass is 618 g/mol. The summed E-state index contributed by atoms with van der Waals surface area (Å²) < 4.78 is 92.9. The van der Waals surface area contributed by atoms with Gasteiger partial charge in [0.05, 0.1) is 29.1 Å². The minimum absolute atomic E-state index is 0.0154. The molecule has 1 aromatic carbocycles. The largest absolute Gasteiger partial charge is 0.438 e. The first-order valence-electron chi connectivity index (χ1n) is 13.4. The second kappa shape index (κ2) is 10.5. The molecule has 0 bridgehead atoms. The van der Waals surface area contributed by atoms with Gasteiger partial charge >= 0.3 is 18.9 Å². The standard InChI is InChI=1S/C29H24F6N6O3/c1-28(2)18-10-36-23(21-22(15-5-6-15)37-13-38-25(21)43-26(31)32)39-24(18)41(27(42)44-28)11-14-4-7-17(19(30)8-14)20-9-16(12-40(20)3)29(33,34)35/h4,7-10,12-13,15,26H,5-6,11H2,1-3H3. The van der Waals surface area contributed by atoms with E-state index < -0.39 is 41.7 Å². The molecule has 4 heterocycles. The minimum Gasteiger partial charge on any atom is -0.438 e. The number of aryl methyl sites for hydroxylation is 1. The number of carbonyl (C=O) groups is 1. The zero-order valence-electron chi connectivity index (χ0n) is 23.5. The van der Waals surface area contributed by atoms with E-state index in [2.05, 4.69) is 24.7 Å². The zero-order chi connectivity index (χ0) is 31.6. The number of anilines is 1. The number of benzene rings is 1. The fourth-order valence-corrected chi connectivity index (χ4v) is 5.14. The average molecular weight is 619 g/mol. The second-order valence-electron chi connectivity index (χ2n) is 11.0. The van der Waals surface area contributed by atoms with E-state index in [0.29, 0.717) is 11.3 Å². The molecule has 6 rings (SSSR count). The van der Waals surface area contributed by atoms with Gasteiger partial charge in [0.25, 0.3) is 0 Å². The van der Waals surface area contributed by atoms with Crippen molar-refractivity contribution in [2.24, 2.45) is 7.05 Å². The van der Waals surface area contributed by atoms with Crippen LogP contribution in [0.1, 0.15) is 55.0 Å². The molecule has 2 aliphatic rings. The van der Waals surface area contributed by atoms with Crippen molar-refractivity contribution in [3.63, 3.8) is 0 Å². The van der Waals surface area contributed by atoms with Crippen LogP contribution < -0.4 is 9.64 Å². The quantitative estimate of drug-likeness (QED) is 0.207. The summed E-state index contributed by atoms with van der Waals surface area (Å²) in [6.07, 6.45) is -0.466. The van der Waals surface area contributed by atoms with Crippen LogP contribution in [0.2, 0.25) is 0 Å². The summed E-state index contributed by atoms with van der Waals surface area (Å²) in [6, 6.07) is 4.75. The topological polar surface area (TPSA) is 95.3 Å². The summed E-state index contributed by atoms with van der Waals surface area (Å²) in [4.78, 5) is 31.4. The number of cyclic esters (lactones) is 1. The number of amides is 1. The predicted molar refractivity (Wildman–Crippen MR) is 143 cm³/mol. The predicted octanol–water partition coefficient (Wildman–Crippen LogP) is 6.97. The molecule has 4 aromatic rings. The number of nitrogens with zero attached hydrogens (tertiary/aromatic N) is 6. The number of halogens is 6. The van der Waals surface area contributed by atoms with E-state index in [9.17, 15) is 26.7 Å². The third-order valence-electron chi connectivity index (χ3n) is 7.45. The maximum Gasteiger partial charge on any atom is 0.417 e. The number of alkyl halides is 5. The van der Waals surface area contributed by atoms with Crippen LogP contribution in [0.4, 0.5) is 37.0 Å². The molecule has 9 nitrogen and oxygen atoms in total. The maximum absolute atomic E-state index is 15.3. The molecule has 0 radical (unpaired) electrons. The molecule has 15 heteroatoms. The Kier molecular flexibility index (Phi) is 7.00. The van der Waals surface area contributed by atoms with Gasteiger partial charge < -0.3 is 14.0 Å². The van der Waals surface area contributed by atoms with Crippen molar-refractivity contribution in [1.82, 2.24) is 24.5 Å². The van der Waals surface area contributed by atoms with Gasteiger partial charge in [-0.05, 0) is 50.5 Å². The molecule has 0 unspecified atom stereocenters. The maximum atomic E-state index is 15.3. The fraction of sp³-hybridized carbons (Fsp3) is 0.345. The van der Waals surface area contributed by atoms with Gasteiger partial charge in [-0.3, -0.25) is 4.90 Å². The van der Waals surface area contributed by atoms with Crippen LogP contribution in [0.25, 0.3) is 22.6 Å². The number of hydrogen-bond donors (Lipinski definition) is 0. The van der Waals surface area contributed by atoms with Crippen LogP contribution in [0.5, 0.6) is 5.88 Å². The van der Waals surface area contributed by atoms with Crippen LogP contribution in [0.15, 0.2) is 43.0 Å². The molecule has 44 heavy (non-hydrogen) atoms. The highest BCUT2D eigenvalue weighted by Gasteiger charge is 2.41. The Hall–Kier alpha value is -4.69. The lowest BCUT2D eigenvalue weighted by atomic mass is 9.97. The van der Waals surface area contributed by atoms with E-state index in [1.807, 2.05) is 0 Å². The van der Waals surface area contributed by atoms with Crippen molar-refractivity contribution in [2.45, 2.75) is 57.5 Å². The Morgan fingerprint density at radius 2 is 1.89 bits per heavy atom. The molecule has 0 atom stereocenters. The van der Waals surface area contributed by atoms with Crippen molar-refractivity contribution in [3.8, 4) is 28.5 Å². The third kappa shape index (κ3) is 5.42. The molecule has 1 saturated carbocycles. The van der Waals surface area contributed by atoms with E-state index in [1.54, 1.807) is 13.8 Å². The zero-order valence-corrected chi connectivity index (χ0v) is 23.5. The lowest BCUT2D eigenvalue weighted by Crippen LogP contribution is -2.43. The number of ether oxygens (including phenoxy) is 2. The molecule has 1 amide bonds. The van der Waals surface area contributed by atoms with E-state index >= 15 is 4.39 Å². The van der Waals surface area contributed by atoms with Crippen LogP contribution in [-0.4, -0.2) is 37.2 Å². The van der Waals surface area contributed by atoms with E-state index in [0.717, 1.165) is 42.4 Å². The van der Waals surface area contributed by atoms with Gasteiger partial charge in [-0.25, -0.2) is 29.1 Å². The summed E-state index contributed by atoms with van der Waals surface area (Å²) in [5, 5.41) is 0. The van der Waals surface area contributed by atoms with Gasteiger partial charge in [-0.2, -0.15) is 22.0 Å². The van der Waals surface area contributed by atoms with Crippen molar-refractivity contribution < 1.29 is 40.6 Å². The first-order valence-corrected chi connectivity index (χ1v) is 13.4. The average Bonchev–Trinajstić information content (AvgIpc) is 3.71. The van der Waals surface area contributed by atoms with E-state index in [-0.39, 0.29) is 46.5 Å². The SMILES string of the molecule is Cn1cc(C(F)(F)F)cc1-c1ccc(CN2C(=O)OC(C)(C)c3cnc(-c4c(OC(F)F)ncnc4C4CC4)nc32)cc1F. The van der Waals surface area contributed by atoms with Crippen LogP contribution >= 0.6 is 0 Å². The Bertz CT molecular complexity index is 1770. The van der Waals surface area contributed by atoms with Gasteiger partial charge in [0, 0.05) is 30.9 Å². The highest BCUT2D eigenvalue weighted by atomic mass is 19.4. The number of fused-ring (bicyclic) bond motifs is 1. The molecule has 3 aromatic heterocycles. The van der Waals surface area contributed by atoms with Gasteiger partial charge in [0.2, 0.25) is 5.88 Å². The third-order valence-corrected chi connectivity index (χ3v) is 7.45. The summed E-state index contributed by atoms with van der Waals surface area (Å²) in [5.41, 5.74) is -0.958. The minimum atomic E-state index is -4.60. The number of hydrogen-bond acceptors (Lipinski definition) is 7. The molecule has 0 N–H and O–H groups in total. The summed E-state index contributed by atoms with van der Waals surface area (Å²) in [6.45, 7) is -0.162. The number of carbonyl (C=O) groups excluding carboxylic acids is 1. The molecule has 230 valence electrons. The van der Waals surface area contributed by atoms with Crippen LogP contribution in [-0.2, 0) is 30.1 Å². The normalized spacial score (nSPS) is 16.2. The first kappa shape index (κ1) is 29.4. The van der Waals surface area contributed by atoms with Gasteiger partial charge in [0.1, 0.15) is 29.1 Å².